The summed E-state index contributed by atoms with van der Waals surface area (Å²) in [6.45, 7) is 6.32. The number of rotatable bonds is 4. The SMILES string of the molecule is Cc1cnc(C(=O)N2CCC3(CC2)CN(Cc2ccccc2)CC3CO)cn1. The smallest absolute Gasteiger partial charge is 0.274 e. The summed E-state index contributed by atoms with van der Waals surface area (Å²) in [5.74, 6) is 0.231. The molecule has 6 heteroatoms. The molecule has 1 spiro atoms. The summed E-state index contributed by atoms with van der Waals surface area (Å²) in [4.78, 5) is 25.5. The van der Waals surface area contributed by atoms with E-state index in [9.17, 15) is 9.90 Å². The third-order valence-electron chi connectivity index (χ3n) is 6.40. The number of nitrogens with zero attached hydrogens (tertiary/aromatic N) is 4. The van der Waals surface area contributed by atoms with E-state index in [1.807, 2.05) is 17.9 Å². The molecule has 1 N–H and O–H groups in total. The fraction of sp³-hybridized carbons (Fsp3) is 0.500. The first-order chi connectivity index (χ1) is 13.6. The summed E-state index contributed by atoms with van der Waals surface area (Å²) in [6.07, 6.45) is 5.05. The van der Waals surface area contributed by atoms with Crippen LogP contribution in [0.2, 0.25) is 0 Å². The predicted octanol–water partition coefficient (Wildman–Crippen LogP) is 2.13. The molecule has 2 saturated heterocycles. The maximum atomic E-state index is 12.7. The molecule has 0 bridgehead atoms. The second-order valence-corrected chi connectivity index (χ2v) is 8.23. The Hall–Kier alpha value is -2.31. The number of aliphatic hydroxyl groups excluding tert-OH is 1. The standard InChI is InChI=1S/C22H28N4O2/c1-17-11-24-20(12-23-17)21(28)26-9-7-22(8-10-26)16-25(14-19(22)15-27)13-18-5-3-2-4-6-18/h2-6,11-12,19,27H,7-10,13-16H2,1H3. The Morgan fingerprint density at radius 3 is 2.57 bits per heavy atom. The summed E-state index contributed by atoms with van der Waals surface area (Å²) in [5.41, 5.74) is 2.63. The van der Waals surface area contributed by atoms with E-state index in [0.29, 0.717) is 18.8 Å². The Kier molecular flexibility index (Phi) is 5.42. The number of aliphatic hydroxyl groups is 1. The van der Waals surface area contributed by atoms with Gasteiger partial charge >= 0.3 is 0 Å². The van der Waals surface area contributed by atoms with Gasteiger partial charge in [0.05, 0.1) is 11.9 Å². The zero-order chi connectivity index (χ0) is 19.6. The van der Waals surface area contributed by atoms with Gasteiger partial charge in [0, 0.05) is 51.4 Å². The van der Waals surface area contributed by atoms with E-state index in [4.69, 9.17) is 0 Å². The van der Waals surface area contributed by atoms with Crippen molar-refractivity contribution in [3.63, 3.8) is 0 Å². The molecule has 2 aliphatic rings. The van der Waals surface area contributed by atoms with Crippen LogP contribution in [0.5, 0.6) is 0 Å². The van der Waals surface area contributed by atoms with Gasteiger partial charge < -0.3 is 10.0 Å². The van der Waals surface area contributed by atoms with Crippen LogP contribution in [0.15, 0.2) is 42.7 Å². The summed E-state index contributed by atoms with van der Waals surface area (Å²) >= 11 is 0. The van der Waals surface area contributed by atoms with Gasteiger partial charge in [-0.1, -0.05) is 30.3 Å². The number of carbonyl (C=O) groups is 1. The van der Waals surface area contributed by atoms with Crippen LogP contribution in [-0.2, 0) is 6.54 Å². The van der Waals surface area contributed by atoms with Gasteiger partial charge in [-0.2, -0.15) is 0 Å². The Morgan fingerprint density at radius 2 is 1.93 bits per heavy atom. The number of amides is 1. The number of carbonyl (C=O) groups excluding carboxylic acids is 1. The van der Waals surface area contributed by atoms with Crippen LogP contribution in [0.4, 0.5) is 0 Å². The van der Waals surface area contributed by atoms with Crippen LogP contribution in [0.3, 0.4) is 0 Å². The molecule has 2 aliphatic heterocycles. The van der Waals surface area contributed by atoms with E-state index in [0.717, 1.165) is 38.2 Å². The van der Waals surface area contributed by atoms with Gasteiger partial charge in [-0.3, -0.25) is 14.7 Å². The lowest BCUT2D eigenvalue weighted by molar-refractivity contribution is 0.0397. The Morgan fingerprint density at radius 1 is 1.18 bits per heavy atom. The quantitative estimate of drug-likeness (QED) is 0.880. The third kappa shape index (κ3) is 3.80. The molecule has 1 aromatic heterocycles. The summed E-state index contributed by atoms with van der Waals surface area (Å²) in [7, 11) is 0. The first-order valence-electron chi connectivity index (χ1n) is 10.0. The number of benzene rings is 1. The minimum absolute atomic E-state index is 0.0398. The largest absolute Gasteiger partial charge is 0.396 e. The summed E-state index contributed by atoms with van der Waals surface area (Å²) in [5, 5.41) is 10.0. The predicted molar refractivity (Wildman–Crippen MR) is 107 cm³/mol. The number of aromatic nitrogens is 2. The average molecular weight is 380 g/mol. The maximum absolute atomic E-state index is 12.7. The first kappa shape index (κ1) is 19.0. The molecular formula is C22H28N4O2. The average Bonchev–Trinajstić information content (AvgIpc) is 3.06. The highest BCUT2D eigenvalue weighted by Gasteiger charge is 2.48. The van der Waals surface area contributed by atoms with E-state index in [1.165, 1.54) is 5.56 Å². The fourth-order valence-corrected chi connectivity index (χ4v) is 4.74. The van der Waals surface area contributed by atoms with Gasteiger partial charge in [0.15, 0.2) is 0 Å². The van der Waals surface area contributed by atoms with E-state index < -0.39 is 0 Å². The Labute approximate surface area is 166 Å². The molecular weight excluding hydrogens is 352 g/mol. The number of hydrogen-bond acceptors (Lipinski definition) is 5. The molecule has 6 nitrogen and oxygen atoms in total. The highest BCUT2D eigenvalue weighted by molar-refractivity contribution is 5.92. The second kappa shape index (κ2) is 7.97. The molecule has 0 aliphatic carbocycles. The van der Waals surface area contributed by atoms with Crippen LogP contribution >= 0.6 is 0 Å². The summed E-state index contributed by atoms with van der Waals surface area (Å²) in [6, 6.07) is 10.5. The molecule has 0 saturated carbocycles. The number of aryl methyl sites for hydroxylation is 1. The number of hydrogen-bond donors (Lipinski definition) is 1. The third-order valence-corrected chi connectivity index (χ3v) is 6.40. The second-order valence-electron chi connectivity index (χ2n) is 8.23. The molecule has 28 heavy (non-hydrogen) atoms. The van der Waals surface area contributed by atoms with E-state index in [2.05, 4.69) is 39.1 Å². The van der Waals surface area contributed by atoms with Gasteiger partial charge in [0.2, 0.25) is 0 Å². The van der Waals surface area contributed by atoms with Gasteiger partial charge in [-0.05, 0) is 30.7 Å². The van der Waals surface area contributed by atoms with Crippen molar-refractivity contribution < 1.29 is 9.90 Å². The maximum Gasteiger partial charge on any atom is 0.274 e. The monoisotopic (exact) mass is 380 g/mol. The molecule has 1 unspecified atom stereocenters. The zero-order valence-electron chi connectivity index (χ0n) is 16.4. The molecule has 0 radical (unpaired) electrons. The van der Waals surface area contributed by atoms with Crippen molar-refractivity contribution in [1.82, 2.24) is 19.8 Å². The number of piperidine rings is 1. The molecule has 2 fully saturated rings. The van der Waals surface area contributed by atoms with Crippen LogP contribution in [0.1, 0.15) is 34.6 Å². The van der Waals surface area contributed by atoms with Gasteiger partial charge in [-0.25, -0.2) is 4.98 Å². The normalized spacial score (nSPS) is 21.9. The highest BCUT2D eigenvalue weighted by atomic mass is 16.3. The van der Waals surface area contributed by atoms with Crippen LogP contribution in [0.25, 0.3) is 0 Å². The Bertz CT molecular complexity index is 801. The van der Waals surface area contributed by atoms with Gasteiger partial charge in [0.25, 0.3) is 5.91 Å². The Balaban J connectivity index is 1.40. The van der Waals surface area contributed by atoms with Crippen molar-refractivity contribution in [2.45, 2.75) is 26.3 Å². The van der Waals surface area contributed by atoms with Crippen LogP contribution < -0.4 is 0 Å². The lowest BCUT2D eigenvalue weighted by atomic mass is 9.71. The van der Waals surface area contributed by atoms with Crippen molar-refractivity contribution in [3.05, 3.63) is 59.7 Å². The van der Waals surface area contributed by atoms with E-state index in [-0.39, 0.29) is 23.8 Å². The van der Waals surface area contributed by atoms with Crippen LogP contribution in [0, 0.1) is 18.3 Å². The lowest BCUT2D eigenvalue weighted by Gasteiger charge is -2.42. The molecule has 1 amide bonds. The molecule has 1 aromatic carbocycles. The van der Waals surface area contributed by atoms with Gasteiger partial charge in [-0.15, -0.1) is 0 Å². The molecule has 2 aromatic rings. The van der Waals surface area contributed by atoms with E-state index >= 15 is 0 Å². The minimum Gasteiger partial charge on any atom is -0.396 e. The van der Waals surface area contributed by atoms with Crippen molar-refractivity contribution in [3.8, 4) is 0 Å². The highest BCUT2D eigenvalue weighted by Crippen LogP contribution is 2.45. The van der Waals surface area contributed by atoms with E-state index in [1.54, 1.807) is 12.4 Å². The molecule has 148 valence electrons. The fourth-order valence-electron chi connectivity index (χ4n) is 4.74. The van der Waals surface area contributed by atoms with Crippen molar-refractivity contribution >= 4 is 5.91 Å². The molecule has 1 atom stereocenters. The minimum atomic E-state index is -0.0398. The number of likely N-dealkylation sites (tertiary alicyclic amines) is 2. The van der Waals surface area contributed by atoms with Crippen molar-refractivity contribution in [2.75, 3.05) is 32.8 Å². The van der Waals surface area contributed by atoms with Crippen molar-refractivity contribution in [1.29, 1.82) is 0 Å². The summed E-state index contributed by atoms with van der Waals surface area (Å²) < 4.78 is 0. The van der Waals surface area contributed by atoms with Crippen LogP contribution in [-0.4, -0.2) is 63.6 Å². The molecule has 4 rings (SSSR count). The van der Waals surface area contributed by atoms with Crippen molar-refractivity contribution in [2.24, 2.45) is 11.3 Å². The zero-order valence-corrected chi connectivity index (χ0v) is 16.4. The lowest BCUT2D eigenvalue weighted by Crippen LogP contribution is -2.47. The van der Waals surface area contributed by atoms with Gasteiger partial charge in [0.1, 0.15) is 5.69 Å². The first-order valence-corrected chi connectivity index (χ1v) is 10.0. The topological polar surface area (TPSA) is 69.6 Å². The molecule has 3 heterocycles.